The lowest BCUT2D eigenvalue weighted by Gasteiger charge is -2.33. The third-order valence-electron chi connectivity index (χ3n) is 5.10. The highest BCUT2D eigenvalue weighted by Crippen LogP contribution is 2.20. The van der Waals surface area contributed by atoms with Crippen molar-refractivity contribution in [2.45, 2.75) is 38.5 Å². The van der Waals surface area contributed by atoms with Crippen molar-refractivity contribution >= 4 is 5.96 Å². The Balaban J connectivity index is 1.78. The van der Waals surface area contributed by atoms with Crippen molar-refractivity contribution in [1.82, 2.24) is 20.4 Å². The van der Waals surface area contributed by atoms with Gasteiger partial charge in [-0.1, -0.05) is 6.07 Å². The number of ether oxygens (including phenoxy) is 1. The van der Waals surface area contributed by atoms with E-state index in [1.807, 2.05) is 13.0 Å². The maximum atomic E-state index is 13.9. The van der Waals surface area contributed by atoms with Crippen molar-refractivity contribution in [1.29, 1.82) is 0 Å². The lowest BCUT2D eigenvalue weighted by atomic mass is 10.0. The molecule has 0 aromatic heterocycles. The summed E-state index contributed by atoms with van der Waals surface area (Å²) in [5.41, 5.74) is 0.905. The van der Waals surface area contributed by atoms with Gasteiger partial charge < -0.3 is 15.4 Å². The molecule has 0 spiro atoms. The van der Waals surface area contributed by atoms with Crippen LogP contribution < -0.4 is 15.4 Å². The van der Waals surface area contributed by atoms with Crippen molar-refractivity contribution in [2.24, 2.45) is 4.99 Å². The van der Waals surface area contributed by atoms with Gasteiger partial charge in [0.05, 0.1) is 20.2 Å². The fourth-order valence-electron chi connectivity index (χ4n) is 3.53. The van der Waals surface area contributed by atoms with Crippen LogP contribution in [0.5, 0.6) is 5.75 Å². The monoisotopic (exact) mass is 447 g/mol. The lowest BCUT2D eigenvalue weighted by Crippen LogP contribution is -2.48. The summed E-state index contributed by atoms with van der Waals surface area (Å²) < 4.78 is 56.1. The molecule has 10 heteroatoms. The maximum absolute atomic E-state index is 13.9. The van der Waals surface area contributed by atoms with Crippen molar-refractivity contribution in [2.75, 3.05) is 53.4 Å². The van der Waals surface area contributed by atoms with Crippen molar-refractivity contribution in [3.63, 3.8) is 0 Å². The molecule has 1 aliphatic heterocycles. The number of likely N-dealkylation sites (tertiary alicyclic amines) is 1. The molecule has 0 aliphatic carbocycles. The first-order valence-electron chi connectivity index (χ1n) is 10.5. The normalized spacial score (nSPS) is 16.6. The second kappa shape index (κ2) is 12.1. The molecule has 6 nitrogen and oxygen atoms in total. The topological polar surface area (TPSA) is 52.1 Å². The molecule has 1 aliphatic rings. The number of piperidine rings is 1. The molecule has 1 aromatic rings. The molecule has 31 heavy (non-hydrogen) atoms. The zero-order chi connectivity index (χ0) is 22.9. The molecule has 0 atom stereocenters. The van der Waals surface area contributed by atoms with E-state index in [-0.39, 0.29) is 30.7 Å². The smallest absolute Gasteiger partial charge is 0.401 e. The Labute approximate surface area is 181 Å². The third kappa shape index (κ3) is 9.30. The Morgan fingerprint density at radius 1 is 1.29 bits per heavy atom. The van der Waals surface area contributed by atoms with Gasteiger partial charge in [-0.05, 0) is 44.5 Å². The zero-order valence-electron chi connectivity index (χ0n) is 18.4. The summed E-state index contributed by atoms with van der Waals surface area (Å²) in [5, 5.41) is 6.53. The van der Waals surface area contributed by atoms with Crippen molar-refractivity contribution < 1.29 is 22.3 Å². The molecular formula is C21H33F4N5O. The average Bonchev–Trinajstić information content (AvgIpc) is 2.68. The summed E-state index contributed by atoms with van der Waals surface area (Å²) in [6, 6.07) is 5.26. The van der Waals surface area contributed by atoms with Gasteiger partial charge in [0.2, 0.25) is 0 Å². The van der Waals surface area contributed by atoms with E-state index in [0.29, 0.717) is 19.0 Å². The van der Waals surface area contributed by atoms with Gasteiger partial charge in [0, 0.05) is 38.8 Å². The summed E-state index contributed by atoms with van der Waals surface area (Å²) in [7, 11) is 2.88. The maximum Gasteiger partial charge on any atom is 0.401 e. The van der Waals surface area contributed by atoms with Gasteiger partial charge in [0.1, 0.15) is 0 Å². The first kappa shape index (κ1) is 25.2. The highest BCUT2D eigenvalue weighted by Gasteiger charge is 2.28. The van der Waals surface area contributed by atoms with Gasteiger partial charge in [-0.15, -0.1) is 0 Å². The number of nitrogens with one attached hydrogen (secondary N) is 2. The van der Waals surface area contributed by atoms with Crippen LogP contribution in [0.3, 0.4) is 0 Å². The van der Waals surface area contributed by atoms with Gasteiger partial charge >= 0.3 is 6.18 Å². The van der Waals surface area contributed by atoms with Crippen LogP contribution in [-0.2, 0) is 6.54 Å². The number of nitrogens with zero attached hydrogens (tertiary/aromatic N) is 3. The predicted molar refractivity (Wildman–Crippen MR) is 114 cm³/mol. The van der Waals surface area contributed by atoms with E-state index in [0.717, 1.165) is 31.5 Å². The molecule has 0 bridgehead atoms. The van der Waals surface area contributed by atoms with Crippen molar-refractivity contribution in [3.05, 3.63) is 29.6 Å². The van der Waals surface area contributed by atoms with Gasteiger partial charge in [-0.25, -0.2) is 4.39 Å². The molecule has 1 fully saturated rings. The van der Waals surface area contributed by atoms with Crippen LogP contribution in [0.25, 0.3) is 0 Å². The highest BCUT2D eigenvalue weighted by molar-refractivity contribution is 5.80. The van der Waals surface area contributed by atoms with Gasteiger partial charge in [-0.3, -0.25) is 14.8 Å². The van der Waals surface area contributed by atoms with Gasteiger partial charge in [0.15, 0.2) is 17.5 Å². The number of rotatable bonds is 9. The molecule has 1 saturated heterocycles. The third-order valence-corrected chi connectivity index (χ3v) is 5.10. The Hall–Kier alpha value is -2.07. The number of alkyl halides is 3. The Bertz CT molecular complexity index is 706. The Morgan fingerprint density at radius 2 is 2.00 bits per heavy atom. The van der Waals surface area contributed by atoms with E-state index in [1.54, 1.807) is 6.07 Å². The van der Waals surface area contributed by atoms with Crippen LogP contribution in [0.2, 0.25) is 0 Å². The summed E-state index contributed by atoms with van der Waals surface area (Å²) in [6.45, 7) is 4.58. The second-order valence-corrected chi connectivity index (χ2v) is 7.78. The second-order valence-electron chi connectivity index (χ2n) is 7.78. The molecule has 0 amide bonds. The molecule has 176 valence electrons. The Morgan fingerprint density at radius 3 is 2.58 bits per heavy atom. The van der Waals surface area contributed by atoms with Crippen LogP contribution >= 0.6 is 0 Å². The minimum atomic E-state index is -4.20. The lowest BCUT2D eigenvalue weighted by molar-refractivity contribution is -0.142. The van der Waals surface area contributed by atoms with Crippen LogP contribution in [0.1, 0.15) is 25.3 Å². The van der Waals surface area contributed by atoms with Crippen LogP contribution in [0.15, 0.2) is 23.2 Å². The largest absolute Gasteiger partial charge is 0.494 e. The number of aliphatic imine (C=N–C) groups is 1. The molecular weight excluding hydrogens is 414 g/mol. The molecule has 0 saturated carbocycles. The van der Waals surface area contributed by atoms with Crippen LogP contribution in [0.4, 0.5) is 17.6 Å². The molecule has 2 rings (SSSR count). The van der Waals surface area contributed by atoms with Crippen LogP contribution in [0, 0.1) is 5.82 Å². The molecule has 1 aromatic carbocycles. The van der Waals surface area contributed by atoms with Gasteiger partial charge in [0.25, 0.3) is 0 Å². The fourth-order valence-corrected chi connectivity index (χ4v) is 3.53. The highest BCUT2D eigenvalue weighted by atomic mass is 19.4. The summed E-state index contributed by atoms with van der Waals surface area (Å²) in [6.07, 6.45) is -2.40. The van der Waals surface area contributed by atoms with E-state index in [4.69, 9.17) is 4.74 Å². The fraction of sp³-hybridized carbons (Fsp3) is 0.667. The number of hydrogen-bond acceptors (Lipinski definition) is 4. The summed E-state index contributed by atoms with van der Waals surface area (Å²) >= 11 is 0. The standard InChI is InChI=1S/C21H33F4N5O/c1-4-26-20(27-9-12-29(2)15-21(23,24)25)28-17-7-10-30(11-8-17)14-16-5-6-19(31-3)18(22)13-16/h5-6,13,17H,4,7-12,14-15H2,1-3H3,(H2,26,27,28). The minimum Gasteiger partial charge on any atom is -0.494 e. The van der Waals surface area contributed by atoms with E-state index >= 15 is 0 Å². The molecule has 2 N–H and O–H groups in total. The average molecular weight is 448 g/mol. The molecule has 1 heterocycles. The number of hydrogen-bond donors (Lipinski definition) is 2. The predicted octanol–water partition coefficient (Wildman–Crippen LogP) is 2.85. The van der Waals surface area contributed by atoms with Gasteiger partial charge in [-0.2, -0.15) is 13.2 Å². The first-order chi connectivity index (χ1) is 14.7. The number of halogens is 4. The van der Waals surface area contributed by atoms with E-state index in [2.05, 4.69) is 20.5 Å². The zero-order valence-corrected chi connectivity index (χ0v) is 18.4. The van der Waals surface area contributed by atoms with Crippen molar-refractivity contribution in [3.8, 4) is 5.75 Å². The molecule has 0 radical (unpaired) electrons. The quantitative estimate of drug-likeness (QED) is 0.346. The summed E-state index contributed by atoms with van der Waals surface area (Å²) in [5.74, 6) is 0.508. The molecule has 0 unspecified atom stereocenters. The van der Waals surface area contributed by atoms with E-state index in [9.17, 15) is 17.6 Å². The number of benzene rings is 1. The first-order valence-corrected chi connectivity index (χ1v) is 10.5. The van der Waals surface area contributed by atoms with E-state index in [1.165, 1.54) is 25.1 Å². The summed E-state index contributed by atoms with van der Waals surface area (Å²) in [4.78, 5) is 7.90. The number of guanidine groups is 1. The number of methoxy groups -OCH3 is 1. The Kier molecular flexibility index (Phi) is 9.83. The van der Waals surface area contributed by atoms with E-state index < -0.39 is 12.7 Å². The van der Waals surface area contributed by atoms with Crippen LogP contribution in [-0.4, -0.2) is 81.4 Å². The SMILES string of the molecule is CCNC(=NCCN(C)CC(F)(F)F)NC1CCN(Cc2ccc(OC)c(F)c2)CC1. The minimum absolute atomic E-state index is 0.229. The number of likely N-dealkylation sites (N-methyl/N-ethyl adjacent to an activating group) is 1.